The number of non-ortho nitro benzene ring substituents is 1. The highest BCUT2D eigenvalue weighted by atomic mass is 32.2. The second-order valence-corrected chi connectivity index (χ2v) is 7.12. The SMILES string of the molecule is O=C(CN1C(=O)CSc2ccccc21)N1CCc2ccc([N+](=O)[O-])cc21. The third kappa shape index (κ3) is 2.82. The van der Waals surface area contributed by atoms with Crippen molar-refractivity contribution in [1.29, 1.82) is 0 Å². The number of hydrogen-bond donors (Lipinski definition) is 0. The molecule has 0 saturated carbocycles. The van der Waals surface area contributed by atoms with Crippen LogP contribution < -0.4 is 9.80 Å². The summed E-state index contributed by atoms with van der Waals surface area (Å²) in [7, 11) is 0. The van der Waals surface area contributed by atoms with Gasteiger partial charge in [0.25, 0.3) is 5.69 Å². The molecule has 0 fully saturated rings. The van der Waals surface area contributed by atoms with Crippen LogP contribution in [-0.2, 0) is 16.0 Å². The van der Waals surface area contributed by atoms with E-state index in [4.69, 9.17) is 0 Å². The zero-order valence-corrected chi connectivity index (χ0v) is 14.6. The van der Waals surface area contributed by atoms with Crippen molar-refractivity contribution in [2.45, 2.75) is 11.3 Å². The van der Waals surface area contributed by atoms with Gasteiger partial charge in [-0.25, -0.2) is 0 Å². The van der Waals surface area contributed by atoms with Crippen molar-refractivity contribution in [3.63, 3.8) is 0 Å². The van der Waals surface area contributed by atoms with Gasteiger partial charge < -0.3 is 9.80 Å². The number of rotatable bonds is 3. The van der Waals surface area contributed by atoms with Crippen LogP contribution in [0.15, 0.2) is 47.4 Å². The summed E-state index contributed by atoms with van der Waals surface area (Å²) in [6.07, 6.45) is 0.652. The number of nitro benzene ring substituents is 1. The molecule has 0 N–H and O–H groups in total. The van der Waals surface area contributed by atoms with E-state index in [0.717, 1.165) is 16.1 Å². The van der Waals surface area contributed by atoms with E-state index in [1.54, 1.807) is 11.0 Å². The third-order valence-electron chi connectivity index (χ3n) is 4.58. The lowest BCUT2D eigenvalue weighted by Crippen LogP contribution is -2.44. The molecule has 132 valence electrons. The maximum atomic E-state index is 12.9. The molecule has 0 bridgehead atoms. The van der Waals surface area contributed by atoms with Crippen molar-refractivity contribution >= 4 is 40.6 Å². The minimum atomic E-state index is -0.469. The summed E-state index contributed by atoms with van der Waals surface area (Å²) in [6, 6.07) is 12.1. The Morgan fingerprint density at radius 2 is 2.00 bits per heavy atom. The molecular formula is C18H15N3O4S. The molecular weight excluding hydrogens is 354 g/mol. The Morgan fingerprint density at radius 1 is 1.19 bits per heavy atom. The van der Waals surface area contributed by atoms with Gasteiger partial charge in [0.1, 0.15) is 6.54 Å². The zero-order chi connectivity index (χ0) is 18.3. The van der Waals surface area contributed by atoms with Gasteiger partial charge in [0.15, 0.2) is 0 Å². The first-order chi connectivity index (χ1) is 12.5. The van der Waals surface area contributed by atoms with Crippen molar-refractivity contribution in [2.24, 2.45) is 0 Å². The van der Waals surface area contributed by atoms with Gasteiger partial charge >= 0.3 is 0 Å². The first-order valence-corrected chi connectivity index (χ1v) is 9.13. The second-order valence-electron chi connectivity index (χ2n) is 6.10. The van der Waals surface area contributed by atoms with Crippen LogP contribution in [0.1, 0.15) is 5.56 Å². The molecule has 2 aliphatic rings. The lowest BCUT2D eigenvalue weighted by Gasteiger charge is -2.30. The van der Waals surface area contributed by atoms with Gasteiger partial charge in [0, 0.05) is 23.6 Å². The van der Waals surface area contributed by atoms with E-state index in [1.165, 1.54) is 28.8 Å². The molecule has 0 radical (unpaired) electrons. The van der Waals surface area contributed by atoms with E-state index in [2.05, 4.69) is 0 Å². The topological polar surface area (TPSA) is 83.8 Å². The molecule has 0 saturated heterocycles. The van der Waals surface area contributed by atoms with E-state index in [0.29, 0.717) is 24.4 Å². The van der Waals surface area contributed by atoms with Gasteiger partial charge in [-0.3, -0.25) is 19.7 Å². The van der Waals surface area contributed by atoms with Gasteiger partial charge in [-0.05, 0) is 24.1 Å². The average molecular weight is 369 g/mol. The van der Waals surface area contributed by atoms with Crippen molar-refractivity contribution in [3.05, 3.63) is 58.1 Å². The Morgan fingerprint density at radius 3 is 2.81 bits per heavy atom. The van der Waals surface area contributed by atoms with Gasteiger partial charge in [-0.2, -0.15) is 0 Å². The van der Waals surface area contributed by atoms with Crippen molar-refractivity contribution in [1.82, 2.24) is 0 Å². The smallest absolute Gasteiger partial charge is 0.271 e. The Hall–Kier alpha value is -2.87. The van der Waals surface area contributed by atoms with Gasteiger partial charge in [-0.1, -0.05) is 18.2 Å². The van der Waals surface area contributed by atoms with E-state index in [9.17, 15) is 19.7 Å². The highest BCUT2D eigenvalue weighted by molar-refractivity contribution is 8.00. The Kier molecular flexibility index (Phi) is 4.12. The quantitative estimate of drug-likeness (QED) is 0.613. The molecule has 2 aliphatic heterocycles. The Labute approximate surface area is 153 Å². The molecule has 2 heterocycles. The van der Waals surface area contributed by atoms with Crippen LogP contribution in [0.5, 0.6) is 0 Å². The highest BCUT2D eigenvalue weighted by Gasteiger charge is 2.31. The fourth-order valence-electron chi connectivity index (χ4n) is 3.29. The number of nitro groups is 1. The predicted octanol–water partition coefficient (Wildman–Crippen LogP) is 2.62. The van der Waals surface area contributed by atoms with Gasteiger partial charge in [-0.15, -0.1) is 11.8 Å². The summed E-state index contributed by atoms with van der Waals surface area (Å²) in [5, 5.41) is 11.0. The largest absolute Gasteiger partial charge is 0.310 e. The number of para-hydroxylation sites is 1. The first-order valence-electron chi connectivity index (χ1n) is 8.14. The van der Waals surface area contributed by atoms with Crippen molar-refractivity contribution in [2.75, 3.05) is 28.6 Å². The number of benzene rings is 2. The molecule has 8 heteroatoms. The number of thioether (sulfide) groups is 1. The summed E-state index contributed by atoms with van der Waals surface area (Å²) in [4.78, 5) is 39.8. The summed E-state index contributed by atoms with van der Waals surface area (Å²) in [5.41, 5.74) is 2.17. The highest BCUT2D eigenvalue weighted by Crippen LogP contribution is 2.36. The van der Waals surface area contributed by atoms with E-state index in [1.807, 2.05) is 24.3 Å². The number of hydrogen-bond acceptors (Lipinski definition) is 5. The molecule has 0 aromatic heterocycles. The predicted molar refractivity (Wildman–Crippen MR) is 98.7 cm³/mol. The maximum Gasteiger partial charge on any atom is 0.271 e. The van der Waals surface area contributed by atoms with Crippen LogP contribution in [0.2, 0.25) is 0 Å². The van der Waals surface area contributed by atoms with E-state index < -0.39 is 4.92 Å². The molecule has 0 atom stereocenters. The van der Waals surface area contributed by atoms with Crippen molar-refractivity contribution < 1.29 is 14.5 Å². The van der Waals surface area contributed by atoms with Crippen LogP contribution in [0.4, 0.5) is 17.1 Å². The number of fused-ring (bicyclic) bond motifs is 2. The lowest BCUT2D eigenvalue weighted by atomic mass is 10.1. The zero-order valence-electron chi connectivity index (χ0n) is 13.8. The van der Waals surface area contributed by atoms with Gasteiger partial charge in [0.05, 0.1) is 22.1 Å². The van der Waals surface area contributed by atoms with Crippen LogP contribution in [0.25, 0.3) is 0 Å². The summed E-state index contributed by atoms with van der Waals surface area (Å²) in [6.45, 7) is 0.395. The van der Waals surface area contributed by atoms with Crippen LogP contribution in [-0.4, -0.2) is 35.6 Å². The minimum absolute atomic E-state index is 0.0424. The number of nitrogens with zero attached hydrogens (tertiary/aromatic N) is 3. The van der Waals surface area contributed by atoms with Crippen LogP contribution in [0, 0.1) is 10.1 Å². The minimum Gasteiger partial charge on any atom is -0.310 e. The number of amides is 2. The molecule has 4 rings (SSSR count). The lowest BCUT2D eigenvalue weighted by molar-refractivity contribution is -0.384. The molecule has 0 aliphatic carbocycles. The molecule has 7 nitrogen and oxygen atoms in total. The Bertz CT molecular complexity index is 930. The molecule has 2 aromatic carbocycles. The number of carbonyl (C=O) groups excluding carboxylic acids is 2. The van der Waals surface area contributed by atoms with E-state index in [-0.39, 0.29) is 24.0 Å². The average Bonchev–Trinajstić information content (AvgIpc) is 3.07. The number of anilines is 2. The molecule has 26 heavy (non-hydrogen) atoms. The summed E-state index contributed by atoms with van der Waals surface area (Å²) in [5.74, 6) is -0.0494. The second kappa shape index (κ2) is 6.45. The fraction of sp³-hybridized carbons (Fsp3) is 0.222. The third-order valence-corrected chi connectivity index (χ3v) is 5.63. The van der Waals surface area contributed by atoms with E-state index >= 15 is 0 Å². The first kappa shape index (κ1) is 16.6. The fourth-order valence-corrected chi connectivity index (χ4v) is 4.22. The summed E-state index contributed by atoms with van der Waals surface area (Å²) < 4.78 is 0. The normalized spacial score (nSPS) is 15.6. The molecule has 0 spiro atoms. The van der Waals surface area contributed by atoms with Crippen LogP contribution in [0.3, 0.4) is 0 Å². The molecule has 2 aromatic rings. The standard InChI is InChI=1S/C18H15N3O4S/c22-17(10-20-14-3-1-2-4-16(14)26-11-18(20)23)19-8-7-12-5-6-13(21(24)25)9-15(12)19/h1-6,9H,7-8,10-11H2. The molecule has 0 unspecified atom stereocenters. The maximum absolute atomic E-state index is 12.9. The summed E-state index contributed by atoms with van der Waals surface area (Å²) >= 11 is 1.46. The molecule has 2 amide bonds. The van der Waals surface area contributed by atoms with Gasteiger partial charge in [0.2, 0.25) is 11.8 Å². The Balaban J connectivity index is 1.60. The van der Waals surface area contributed by atoms with Crippen LogP contribution >= 0.6 is 11.8 Å². The monoisotopic (exact) mass is 369 g/mol. The van der Waals surface area contributed by atoms with Crippen molar-refractivity contribution in [3.8, 4) is 0 Å². The number of carbonyl (C=O) groups is 2.